The van der Waals surface area contributed by atoms with Crippen molar-refractivity contribution in [1.82, 2.24) is 5.32 Å². The second-order valence-electron chi connectivity index (χ2n) is 4.49. The molecule has 0 aromatic heterocycles. The SMILES string of the molecule is CCOC(C)CNC(=O)C(N)Cc1ccc(O)cc1. The van der Waals surface area contributed by atoms with Crippen LogP contribution in [0.4, 0.5) is 0 Å². The van der Waals surface area contributed by atoms with Gasteiger partial charge in [0.2, 0.25) is 5.91 Å². The van der Waals surface area contributed by atoms with Crippen LogP contribution in [-0.4, -0.2) is 36.3 Å². The molecule has 0 fully saturated rings. The third-order valence-corrected chi connectivity index (χ3v) is 2.74. The molecule has 1 aromatic rings. The van der Waals surface area contributed by atoms with Gasteiger partial charge in [0.25, 0.3) is 0 Å². The number of aromatic hydroxyl groups is 1. The maximum atomic E-state index is 11.8. The average molecular weight is 266 g/mol. The normalized spacial score (nSPS) is 13.8. The number of nitrogens with one attached hydrogen (secondary N) is 1. The number of carbonyl (C=O) groups is 1. The molecule has 0 spiro atoms. The van der Waals surface area contributed by atoms with Gasteiger partial charge in [-0.05, 0) is 38.0 Å². The van der Waals surface area contributed by atoms with Crippen molar-refractivity contribution in [2.24, 2.45) is 5.73 Å². The lowest BCUT2D eigenvalue weighted by molar-refractivity contribution is -0.122. The Labute approximate surface area is 113 Å². The van der Waals surface area contributed by atoms with Gasteiger partial charge in [0, 0.05) is 13.2 Å². The molecule has 2 unspecified atom stereocenters. The van der Waals surface area contributed by atoms with E-state index < -0.39 is 6.04 Å². The van der Waals surface area contributed by atoms with Gasteiger partial charge in [-0.25, -0.2) is 0 Å². The lowest BCUT2D eigenvalue weighted by atomic mass is 10.1. The summed E-state index contributed by atoms with van der Waals surface area (Å²) in [5.41, 5.74) is 6.75. The molecule has 5 nitrogen and oxygen atoms in total. The first-order chi connectivity index (χ1) is 9.02. The molecule has 19 heavy (non-hydrogen) atoms. The van der Waals surface area contributed by atoms with Gasteiger partial charge >= 0.3 is 0 Å². The Balaban J connectivity index is 2.38. The van der Waals surface area contributed by atoms with Crippen molar-refractivity contribution in [3.63, 3.8) is 0 Å². The topological polar surface area (TPSA) is 84.6 Å². The molecule has 0 aliphatic rings. The van der Waals surface area contributed by atoms with Gasteiger partial charge < -0.3 is 20.9 Å². The fourth-order valence-electron chi connectivity index (χ4n) is 1.70. The first kappa shape index (κ1) is 15.5. The van der Waals surface area contributed by atoms with E-state index in [1.807, 2.05) is 13.8 Å². The van der Waals surface area contributed by atoms with Gasteiger partial charge in [-0.15, -0.1) is 0 Å². The third-order valence-electron chi connectivity index (χ3n) is 2.74. The second kappa shape index (κ2) is 7.76. The molecule has 4 N–H and O–H groups in total. The van der Waals surface area contributed by atoms with Crippen molar-refractivity contribution in [2.45, 2.75) is 32.4 Å². The fraction of sp³-hybridized carbons (Fsp3) is 0.500. The number of benzene rings is 1. The maximum Gasteiger partial charge on any atom is 0.237 e. The lowest BCUT2D eigenvalue weighted by Crippen LogP contribution is -2.44. The standard InChI is InChI=1S/C14H22N2O3/c1-3-19-10(2)9-16-14(18)13(15)8-11-4-6-12(17)7-5-11/h4-7,10,13,17H,3,8-9,15H2,1-2H3,(H,16,18). The molecule has 0 aliphatic carbocycles. The van der Waals surface area contributed by atoms with E-state index in [1.165, 1.54) is 0 Å². The van der Waals surface area contributed by atoms with Crippen molar-refractivity contribution in [3.8, 4) is 5.75 Å². The molecular formula is C14H22N2O3. The summed E-state index contributed by atoms with van der Waals surface area (Å²) in [5, 5.41) is 11.9. The number of ether oxygens (including phenoxy) is 1. The summed E-state index contributed by atoms with van der Waals surface area (Å²) in [6.45, 7) is 4.89. The first-order valence-corrected chi connectivity index (χ1v) is 6.45. The van der Waals surface area contributed by atoms with Gasteiger partial charge in [-0.3, -0.25) is 4.79 Å². The van der Waals surface area contributed by atoms with Crippen LogP contribution in [0.15, 0.2) is 24.3 Å². The van der Waals surface area contributed by atoms with E-state index in [9.17, 15) is 9.90 Å². The summed E-state index contributed by atoms with van der Waals surface area (Å²) in [7, 11) is 0. The quantitative estimate of drug-likeness (QED) is 0.681. The summed E-state index contributed by atoms with van der Waals surface area (Å²) in [4.78, 5) is 11.8. The van der Waals surface area contributed by atoms with Crippen LogP contribution in [0.1, 0.15) is 19.4 Å². The Morgan fingerprint density at radius 3 is 2.63 bits per heavy atom. The molecule has 0 aliphatic heterocycles. The van der Waals surface area contributed by atoms with Crippen LogP contribution in [0.2, 0.25) is 0 Å². The Morgan fingerprint density at radius 2 is 2.05 bits per heavy atom. The highest BCUT2D eigenvalue weighted by atomic mass is 16.5. The van der Waals surface area contributed by atoms with Gasteiger partial charge in [-0.1, -0.05) is 12.1 Å². The van der Waals surface area contributed by atoms with Crippen LogP contribution in [0, 0.1) is 0 Å². The van der Waals surface area contributed by atoms with E-state index in [0.29, 0.717) is 19.6 Å². The third kappa shape index (κ3) is 5.72. The maximum absolute atomic E-state index is 11.8. The van der Waals surface area contributed by atoms with Gasteiger partial charge in [0.05, 0.1) is 12.1 Å². The predicted molar refractivity (Wildman–Crippen MR) is 73.9 cm³/mol. The van der Waals surface area contributed by atoms with E-state index in [-0.39, 0.29) is 17.8 Å². The minimum atomic E-state index is -0.599. The number of rotatable bonds is 7. The fourth-order valence-corrected chi connectivity index (χ4v) is 1.70. The molecule has 5 heteroatoms. The van der Waals surface area contributed by atoms with Crippen molar-refractivity contribution >= 4 is 5.91 Å². The van der Waals surface area contributed by atoms with Crippen LogP contribution in [0.25, 0.3) is 0 Å². The largest absolute Gasteiger partial charge is 0.508 e. The van der Waals surface area contributed by atoms with Crippen molar-refractivity contribution in [1.29, 1.82) is 0 Å². The van der Waals surface area contributed by atoms with Crippen LogP contribution in [0.5, 0.6) is 5.75 Å². The van der Waals surface area contributed by atoms with E-state index in [0.717, 1.165) is 5.56 Å². The summed E-state index contributed by atoms with van der Waals surface area (Å²) in [6, 6.07) is 6.07. The number of hydrogen-bond donors (Lipinski definition) is 3. The lowest BCUT2D eigenvalue weighted by Gasteiger charge is -2.16. The van der Waals surface area contributed by atoms with Crippen molar-refractivity contribution in [2.75, 3.05) is 13.2 Å². The Bertz CT molecular complexity index is 392. The molecule has 0 heterocycles. The zero-order chi connectivity index (χ0) is 14.3. The number of phenols is 1. The van der Waals surface area contributed by atoms with Crippen molar-refractivity contribution < 1.29 is 14.6 Å². The number of carbonyl (C=O) groups excluding carboxylic acids is 1. The highest BCUT2D eigenvalue weighted by Gasteiger charge is 2.14. The van der Waals surface area contributed by atoms with Crippen molar-refractivity contribution in [3.05, 3.63) is 29.8 Å². The highest BCUT2D eigenvalue weighted by Crippen LogP contribution is 2.10. The van der Waals surface area contributed by atoms with Gasteiger partial charge in [-0.2, -0.15) is 0 Å². The molecule has 106 valence electrons. The van der Waals surface area contributed by atoms with E-state index in [1.54, 1.807) is 24.3 Å². The number of hydrogen-bond acceptors (Lipinski definition) is 4. The highest BCUT2D eigenvalue weighted by molar-refractivity contribution is 5.81. The van der Waals surface area contributed by atoms with Crippen LogP contribution in [0.3, 0.4) is 0 Å². The molecule has 0 bridgehead atoms. The van der Waals surface area contributed by atoms with Crippen LogP contribution in [-0.2, 0) is 16.0 Å². The molecular weight excluding hydrogens is 244 g/mol. The number of nitrogens with two attached hydrogens (primary N) is 1. The summed E-state index contributed by atoms with van der Waals surface area (Å²) in [5.74, 6) is 0.00643. The van der Waals surface area contributed by atoms with Gasteiger partial charge in [0.15, 0.2) is 0 Å². The molecule has 0 saturated carbocycles. The molecule has 0 radical (unpaired) electrons. The van der Waals surface area contributed by atoms with Gasteiger partial charge in [0.1, 0.15) is 5.75 Å². The van der Waals surface area contributed by atoms with Crippen LogP contribution >= 0.6 is 0 Å². The van der Waals surface area contributed by atoms with E-state index in [4.69, 9.17) is 10.5 Å². The zero-order valence-corrected chi connectivity index (χ0v) is 11.4. The Hall–Kier alpha value is -1.59. The Kier molecular flexibility index (Phi) is 6.32. The molecule has 1 rings (SSSR count). The molecule has 1 amide bonds. The minimum absolute atomic E-state index is 0.0187. The first-order valence-electron chi connectivity index (χ1n) is 6.45. The molecule has 0 saturated heterocycles. The predicted octanol–water partition coefficient (Wildman–Crippen LogP) is 0.803. The minimum Gasteiger partial charge on any atom is -0.508 e. The molecule has 1 aromatic carbocycles. The number of amides is 1. The average Bonchev–Trinajstić information content (AvgIpc) is 2.39. The monoisotopic (exact) mass is 266 g/mol. The number of phenolic OH excluding ortho intramolecular Hbond substituents is 1. The summed E-state index contributed by atoms with van der Waals surface area (Å²) in [6.07, 6.45) is 0.421. The van der Waals surface area contributed by atoms with E-state index in [2.05, 4.69) is 5.32 Å². The van der Waals surface area contributed by atoms with Crippen LogP contribution < -0.4 is 11.1 Å². The zero-order valence-electron chi connectivity index (χ0n) is 11.4. The summed E-state index contributed by atoms with van der Waals surface area (Å²) >= 11 is 0. The van der Waals surface area contributed by atoms with E-state index >= 15 is 0 Å². The summed E-state index contributed by atoms with van der Waals surface area (Å²) < 4.78 is 5.32. The second-order valence-corrected chi connectivity index (χ2v) is 4.49. The molecule has 2 atom stereocenters. The Morgan fingerprint density at radius 1 is 1.42 bits per heavy atom. The smallest absolute Gasteiger partial charge is 0.237 e.